The summed E-state index contributed by atoms with van der Waals surface area (Å²) in [5, 5.41) is 0. The van der Waals surface area contributed by atoms with Crippen molar-refractivity contribution >= 4 is 7.82 Å². The van der Waals surface area contributed by atoms with Gasteiger partial charge in [-0.3, -0.25) is 4.57 Å². The van der Waals surface area contributed by atoms with Gasteiger partial charge in [-0.25, -0.2) is 0 Å². The number of unbranched alkanes of at least 4 members (excludes halogenated alkanes) is 4. The van der Waals surface area contributed by atoms with Gasteiger partial charge in [-0.2, -0.15) is 0 Å². The molecule has 0 fully saturated rings. The molecule has 15 heavy (non-hydrogen) atoms. The Labute approximate surface area is 92.3 Å². The summed E-state index contributed by atoms with van der Waals surface area (Å²) < 4.78 is 14.4. The van der Waals surface area contributed by atoms with Crippen LogP contribution in [0.15, 0.2) is 0 Å². The Morgan fingerprint density at radius 1 is 1.20 bits per heavy atom. The lowest BCUT2D eigenvalue weighted by molar-refractivity contribution is -0.219. The second-order valence-electron chi connectivity index (χ2n) is 4.25. The van der Waals surface area contributed by atoms with E-state index >= 15 is 0 Å². The third-order valence-electron chi connectivity index (χ3n) is 2.18. The largest absolute Gasteiger partial charge is 0.756 e. The fourth-order valence-corrected chi connectivity index (χ4v) is 1.72. The van der Waals surface area contributed by atoms with E-state index in [-0.39, 0.29) is 6.61 Å². The minimum absolute atomic E-state index is 0.0987. The van der Waals surface area contributed by atoms with E-state index in [9.17, 15) is 9.46 Å². The van der Waals surface area contributed by atoms with E-state index in [1.807, 2.05) is 0 Å². The molecule has 0 heterocycles. The van der Waals surface area contributed by atoms with E-state index in [1.165, 1.54) is 19.3 Å². The molecule has 0 amide bonds. The van der Waals surface area contributed by atoms with Gasteiger partial charge >= 0.3 is 0 Å². The van der Waals surface area contributed by atoms with Gasteiger partial charge in [0.2, 0.25) is 0 Å². The van der Waals surface area contributed by atoms with E-state index in [2.05, 4.69) is 18.4 Å². The van der Waals surface area contributed by atoms with Crippen LogP contribution < -0.4 is 4.89 Å². The highest BCUT2D eigenvalue weighted by Crippen LogP contribution is 2.30. The van der Waals surface area contributed by atoms with Crippen LogP contribution in [0.2, 0.25) is 0 Å². The summed E-state index contributed by atoms with van der Waals surface area (Å²) in [5.74, 6) is 0.758. The third-order valence-corrected chi connectivity index (χ3v) is 2.69. The second kappa shape index (κ2) is 8.28. The van der Waals surface area contributed by atoms with Gasteiger partial charge in [0.1, 0.15) is 0 Å². The van der Waals surface area contributed by atoms with Crippen LogP contribution in [0.4, 0.5) is 0 Å². The molecule has 0 saturated carbocycles. The molecular weight excluding hydrogens is 215 g/mol. The fourth-order valence-electron chi connectivity index (χ4n) is 1.36. The van der Waals surface area contributed by atoms with Gasteiger partial charge in [0.15, 0.2) is 0 Å². The SMILES string of the molecule is CC(C)CCCCCCCOP(=O)([O-])O. The highest BCUT2D eigenvalue weighted by Gasteiger charge is 2.00. The van der Waals surface area contributed by atoms with Crippen LogP contribution in [-0.2, 0) is 9.09 Å². The van der Waals surface area contributed by atoms with Crippen LogP contribution in [0.25, 0.3) is 0 Å². The Morgan fingerprint density at radius 2 is 1.73 bits per heavy atom. The average molecular weight is 237 g/mol. The van der Waals surface area contributed by atoms with Crippen molar-refractivity contribution in [3.05, 3.63) is 0 Å². The molecule has 1 unspecified atom stereocenters. The fraction of sp³-hybridized carbons (Fsp3) is 1.00. The van der Waals surface area contributed by atoms with Crippen molar-refractivity contribution in [1.82, 2.24) is 0 Å². The molecule has 1 N–H and O–H groups in total. The van der Waals surface area contributed by atoms with Gasteiger partial charge in [-0.05, 0) is 12.3 Å². The standard InChI is InChI=1S/C10H23O4P/c1-10(2)8-6-4-3-5-7-9-14-15(11,12)13/h10H,3-9H2,1-2H3,(H2,11,12,13)/p-1. The van der Waals surface area contributed by atoms with Crippen LogP contribution >= 0.6 is 7.82 Å². The molecule has 0 aliphatic rings. The maximum absolute atomic E-state index is 10.2. The number of phosphoric acid groups is 1. The Bertz CT molecular complexity index is 188. The number of hydrogen-bond acceptors (Lipinski definition) is 3. The van der Waals surface area contributed by atoms with Crippen molar-refractivity contribution in [3.8, 4) is 0 Å². The second-order valence-corrected chi connectivity index (χ2v) is 5.45. The molecule has 4 nitrogen and oxygen atoms in total. The highest BCUT2D eigenvalue weighted by atomic mass is 31.2. The Balaban J connectivity index is 3.09. The smallest absolute Gasteiger partial charge is 0.265 e. The van der Waals surface area contributed by atoms with Gasteiger partial charge in [0.05, 0.1) is 6.61 Å². The van der Waals surface area contributed by atoms with Crippen LogP contribution in [-0.4, -0.2) is 11.5 Å². The van der Waals surface area contributed by atoms with Crippen molar-refractivity contribution in [1.29, 1.82) is 0 Å². The molecule has 0 spiro atoms. The molecular formula is C10H22O4P-. The van der Waals surface area contributed by atoms with Crippen molar-refractivity contribution in [3.63, 3.8) is 0 Å². The first-order valence-corrected chi connectivity index (χ1v) is 7.09. The van der Waals surface area contributed by atoms with Gasteiger partial charge in [-0.15, -0.1) is 0 Å². The molecule has 0 rings (SSSR count). The minimum Gasteiger partial charge on any atom is -0.756 e. The molecule has 0 aromatic carbocycles. The lowest BCUT2D eigenvalue weighted by Gasteiger charge is -2.14. The average Bonchev–Trinajstić information content (AvgIpc) is 2.07. The molecule has 5 heteroatoms. The first-order valence-electron chi connectivity index (χ1n) is 5.60. The van der Waals surface area contributed by atoms with Gasteiger partial charge in [-0.1, -0.05) is 46.0 Å². The summed E-state index contributed by atoms with van der Waals surface area (Å²) in [7, 11) is -4.49. The van der Waals surface area contributed by atoms with Gasteiger partial charge in [0, 0.05) is 0 Å². The van der Waals surface area contributed by atoms with Crippen molar-refractivity contribution in [2.45, 2.75) is 52.4 Å². The lowest BCUT2D eigenvalue weighted by Crippen LogP contribution is -2.04. The van der Waals surface area contributed by atoms with Crippen LogP contribution in [0.3, 0.4) is 0 Å². The van der Waals surface area contributed by atoms with Crippen LogP contribution in [0.1, 0.15) is 52.4 Å². The van der Waals surface area contributed by atoms with E-state index in [4.69, 9.17) is 4.89 Å². The third kappa shape index (κ3) is 14.1. The zero-order chi connectivity index (χ0) is 11.7. The first kappa shape index (κ1) is 15.1. The molecule has 0 aromatic heterocycles. The molecule has 0 aliphatic heterocycles. The highest BCUT2D eigenvalue weighted by molar-refractivity contribution is 7.44. The van der Waals surface area contributed by atoms with Gasteiger partial charge < -0.3 is 14.3 Å². The molecule has 0 bridgehead atoms. The topological polar surface area (TPSA) is 69.6 Å². The summed E-state index contributed by atoms with van der Waals surface area (Å²) in [6, 6.07) is 0. The molecule has 92 valence electrons. The predicted molar refractivity (Wildman–Crippen MR) is 58.3 cm³/mol. The minimum atomic E-state index is -4.49. The van der Waals surface area contributed by atoms with E-state index in [1.54, 1.807) is 0 Å². The Hall–Kier alpha value is 0.110. The quantitative estimate of drug-likeness (QED) is 0.494. The van der Waals surface area contributed by atoms with Gasteiger partial charge in [0.25, 0.3) is 7.82 Å². The summed E-state index contributed by atoms with van der Waals surface area (Å²) in [6.07, 6.45) is 6.42. The summed E-state index contributed by atoms with van der Waals surface area (Å²) >= 11 is 0. The zero-order valence-corrected chi connectivity index (χ0v) is 10.5. The van der Waals surface area contributed by atoms with Crippen molar-refractivity contribution < 1.29 is 18.9 Å². The predicted octanol–water partition coefficient (Wildman–Crippen LogP) is 2.46. The summed E-state index contributed by atoms with van der Waals surface area (Å²) in [6.45, 7) is 4.52. The zero-order valence-electron chi connectivity index (χ0n) is 9.65. The first-order chi connectivity index (χ1) is 6.92. The maximum atomic E-state index is 10.2. The number of rotatable bonds is 9. The molecule has 0 saturated heterocycles. The molecule has 0 radical (unpaired) electrons. The number of hydrogen-bond donors (Lipinski definition) is 1. The van der Waals surface area contributed by atoms with Crippen LogP contribution in [0, 0.1) is 5.92 Å². The monoisotopic (exact) mass is 237 g/mol. The normalized spacial score (nSPS) is 15.5. The van der Waals surface area contributed by atoms with Crippen molar-refractivity contribution in [2.24, 2.45) is 5.92 Å². The van der Waals surface area contributed by atoms with E-state index in [0.717, 1.165) is 18.8 Å². The molecule has 0 aliphatic carbocycles. The van der Waals surface area contributed by atoms with E-state index < -0.39 is 7.82 Å². The molecule has 1 atom stereocenters. The Morgan fingerprint density at radius 3 is 2.27 bits per heavy atom. The van der Waals surface area contributed by atoms with Crippen molar-refractivity contribution in [2.75, 3.05) is 6.61 Å². The Kier molecular flexibility index (Phi) is 8.34. The van der Waals surface area contributed by atoms with Crippen LogP contribution in [0.5, 0.6) is 0 Å². The molecule has 0 aromatic rings. The maximum Gasteiger partial charge on any atom is 0.265 e. The number of phosphoric ester groups is 1. The van der Waals surface area contributed by atoms with E-state index in [0.29, 0.717) is 6.42 Å². The lowest BCUT2D eigenvalue weighted by atomic mass is 10.0. The summed E-state index contributed by atoms with van der Waals surface area (Å²) in [5.41, 5.74) is 0. The summed E-state index contributed by atoms with van der Waals surface area (Å²) in [4.78, 5) is 18.5.